The molecule has 0 bridgehead atoms. The molecular formula is C33H62O4. The van der Waals surface area contributed by atoms with Crippen LogP contribution in [-0.4, -0.2) is 22.6 Å². The molecular weight excluding hydrogens is 460 g/mol. The molecule has 218 valence electrons. The normalized spacial score (nSPS) is 18.5. The fraction of sp³-hybridized carbons (Fsp3) is 0.939. The topological polar surface area (TPSA) is 63.6 Å². The first-order valence-electron chi connectivity index (χ1n) is 16.1. The average molecular weight is 523 g/mol. The van der Waals surface area contributed by atoms with Gasteiger partial charge in [0.25, 0.3) is 0 Å². The molecule has 0 amide bonds. The molecule has 4 nitrogen and oxygen atoms in total. The van der Waals surface area contributed by atoms with Gasteiger partial charge >= 0.3 is 11.9 Å². The lowest BCUT2D eigenvalue weighted by atomic mass is 9.64. The summed E-state index contributed by atoms with van der Waals surface area (Å²) >= 11 is 0. The number of esters is 1. The van der Waals surface area contributed by atoms with E-state index >= 15 is 0 Å². The third-order valence-electron chi connectivity index (χ3n) is 8.38. The van der Waals surface area contributed by atoms with E-state index in [0.29, 0.717) is 23.7 Å². The van der Waals surface area contributed by atoms with Crippen molar-refractivity contribution in [3.05, 3.63) is 0 Å². The molecule has 4 heteroatoms. The summed E-state index contributed by atoms with van der Waals surface area (Å²) in [6.45, 7) is 11.2. The number of carbonyl (C=O) groups is 2. The molecule has 0 saturated heterocycles. The van der Waals surface area contributed by atoms with Crippen LogP contribution in [0.1, 0.15) is 169 Å². The molecule has 1 N–H and O–H groups in total. The Morgan fingerprint density at radius 3 is 1.73 bits per heavy atom. The second kappa shape index (κ2) is 19.9. The van der Waals surface area contributed by atoms with Crippen molar-refractivity contribution in [2.75, 3.05) is 0 Å². The van der Waals surface area contributed by atoms with Crippen LogP contribution in [-0.2, 0) is 14.3 Å². The van der Waals surface area contributed by atoms with E-state index in [1.807, 2.05) is 0 Å². The quantitative estimate of drug-likeness (QED) is 0.113. The van der Waals surface area contributed by atoms with Crippen LogP contribution in [0.15, 0.2) is 0 Å². The van der Waals surface area contributed by atoms with Gasteiger partial charge in [-0.05, 0) is 37.0 Å². The Balaban J connectivity index is 2.64. The molecule has 1 fully saturated rings. The van der Waals surface area contributed by atoms with Crippen LogP contribution in [0, 0.1) is 23.7 Å². The summed E-state index contributed by atoms with van der Waals surface area (Å²) in [5.74, 6) is 0.617. The Morgan fingerprint density at radius 1 is 0.757 bits per heavy atom. The number of carboxylic acids is 1. The Hall–Kier alpha value is -1.06. The summed E-state index contributed by atoms with van der Waals surface area (Å²) in [4.78, 5) is 23.9. The number of rotatable bonds is 22. The van der Waals surface area contributed by atoms with Crippen molar-refractivity contribution in [3.63, 3.8) is 0 Å². The zero-order valence-corrected chi connectivity index (χ0v) is 25.3. The van der Waals surface area contributed by atoms with Crippen molar-refractivity contribution in [2.45, 2.75) is 175 Å². The largest absolute Gasteiger partial charge is 0.481 e. The monoisotopic (exact) mass is 522 g/mol. The van der Waals surface area contributed by atoms with Crippen molar-refractivity contribution >= 4 is 11.9 Å². The third-order valence-corrected chi connectivity index (χ3v) is 8.38. The second-order valence-electron chi connectivity index (χ2n) is 13.0. The van der Waals surface area contributed by atoms with Crippen LogP contribution in [0.5, 0.6) is 0 Å². The van der Waals surface area contributed by atoms with E-state index in [0.717, 1.165) is 19.3 Å². The van der Waals surface area contributed by atoms with Gasteiger partial charge in [0.2, 0.25) is 0 Å². The molecule has 0 aliphatic heterocycles. The molecule has 0 aromatic carbocycles. The highest BCUT2D eigenvalue weighted by Crippen LogP contribution is 2.47. The minimum Gasteiger partial charge on any atom is -0.481 e. The van der Waals surface area contributed by atoms with E-state index in [1.165, 1.54) is 103 Å². The van der Waals surface area contributed by atoms with Crippen molar-refractivity contribution < 1.29 is 19.4 Å². The zero-order chi connectivity index (χ0) is 27.5. The second-order valence-corrected chi connectivity index (χ2v) is 13.0. The van der Waals surface area contributed by atoms with Gasteiger partial charge in [-0.25, -0.2) is 0 Å². The van der Waals surface area contributed by atoms with Gasteiger partial charge < -0.3 is 9.84 Å². The summed E-state index contributed by atoms with van der Waals surface area (Å²) in [7, 11) is 0. The number of carbonyl (C=O) groups excluding carboxylic acids is 1. The highest BCUT2D eigenvalue weighted by Gasteiger charge is 2.47. The van der Waals surface area contributed by atoms with E-state index in [2.05, 4.69) is 34.6 Å². The smallest absolute Gasteiger partial charge is 0.306 e. The van der Waals surface area contributed by atoms with E-state index in [9.17, 15) is 9.59 Å². The number of hydrogen-bond acceptors (Lipinski definition) is 3. The first-order valence-corrected chi connectivity index (χ1v) is 16.1. The summed E-state index contributed by atoms with van der Waals surface area (Å²) in [5.41, 5.74) is -0.458. The molecule has 1 aliphatic rings. The molecule has 0 spiro atoms. The molecule has 0 aromatic heterocycles. The molecule has 0 aromatic rings. The number of unbranched alkanes of at least 4 members (excludes halogenated alkanes) is 11. The van der Waals surface area contributed by atoms with Gasteiger partial charge in [-0.15, -0.1) is 0 Å². The molecule has 37 heavy (non-hydrogen) atoms. The standard InChI is InChI=1S/C33H62O4/c1-6-7-8-9-10-11-12-13-14-15-16-17-20-29-21-18-19-22-30(29)33(25-27(2)3,26-28(4)5)37-32(36)24-23-31(34)35/h27-30H,6-26H2,1-5H3,(H,34,35). The van der Waals surface area contributed by atoms with Crippen molar-refractivity contribution in [1.82, 2.24) is 0 Å². The van der Waals surface area contributed by atoms with Crippen LogP contribution in [0.4, 0.5) is 0 Å². The van der Waals surface area contributed by atoms with Crippen molar-refractivity contribution in [3.8, 4) is 0 Å². The molecule has 2 unspecified atom stereocenters. The highest BCUT2D eigenvalue weighted by atomic mass is 16.6. The van der Waals surface area contributed by atoms with Gasteiger partial charge in [-0.1, -0.05) is 137 Å². The van der Waals surface area contributed by atoms with Crippen LogP contribution >= 0.6 is 0 Å². The Labute approximate surface area is 230 Å². The SMILES string of the molecule is CCCCCCCCCCCCCCC1CCCCC1C(CC(C)C)(CC(C)C)OC(=O)CCC(=O)O. The van der Waals surface area contributed by atoms with Gasteiger partial charge in [0, 0.05) is 5.92 Å². The van der Waals surface area contributed by atoms with Crippen molar-refractivity contribution in [2.24, 2.45) is 23.7 Å². The van der Waals surface area contributed by atoms with Crippen LogP contribution in [0.3, 0.4) is 0 Å². The van der Waals surface area contributed by atoms with E-state index in [-0.39, 0.29) is 18.8 Å². The lowest BCUT2D eigenvalue weighted by Gasteiger charge is -2.48. The minimum absolute atomic E-state index is 0.0244. The molecule has 1 rings (SSSR count). The maximum absolute atomic E-state index is 12.9. The van der Waals surface area contributed by atoms with Gasteiger partial charge in [0.1, 0.15) is 5.60 Å². The summed E-state index contributed by atoms with van der Waals surface area (Å²) in [5, 5.41) is 9.08. The summed E-state index contributed by atoms with van der Waals surface area (Å²) in [6, 6.07) is 0. The van der Waals surface area contributed by atoms with Gasteiger partial charge in [0.05, 0.1) is 12.8 Å². The number of ether oxygens (including phenoxy) is 1. The predicted octanol–water partition coefficient (Wildman–Crippen LogP) is 10.1. The van der Waals surface area contributed by atoms with Crippen LogP contribution < -0.4 is 0 Å². The summed E-state index contributed by atoms with van der Waals surface area (Å²) in [6.07, 6.45) is 24.2. The maximum atomic E-state index is 12.9. The van der Waals surface area contributed by atoms with E-state index in [1.54, 1.807) is 0 Å². The zero-order valence-electron chi connectivity index (χ0n) is 25.3. The predicted molar refractivity (Wildman–Crippen MR) is 156 cm³/mol. The Morgan fingerprint density at radius 2 is 1.24 bits per heavy atom. The Kier molecular flexibility index (Phi) is 18.3. The Bertz CT molecular complexity index is 587. The highest BCUT2D eigenvalue weighted by molar-refractivity contribution is 5.76. The molecule has 2 atom stereocenters. The molecule has 0 heterocycles. The lowest BCUT2D eigenvalue weighted by Crippen LogP contribution is -2.49. The first kappa shape index (κ1) is 34.0. The number of aliphatic carboxylic acids is 1. The minimum atomic E-state index is -0.933. The van der Waals surface area contributed by atoms with E-state index in [4.69, 9.17) is 9.84 Å². The molecule has 0 radical (unpaired) electrons. The van der Waals surface area contributed by atoms with Crippen molar-refractivity contribution in [1.29, 1.82) is 0 Å². The molecule has 1 saturated carbocycles. The lowest BCUT2D eigenvalue weighted by molar-refractivity contribution is -0.179. The molecule has 1 aliphatic carbocycles. The third kappa shape index (κ3) is 15.2. The fourth-order valence-corrected chi connectivity index (χ4v) is 6.91. The average Bonchev–Trinajstić information content (AvgIpc) is 2.82. The van der Waals surface area contributed by atoms with Gasteiger partial charge in [-0.2, -0.15) is 0 Å². The number of hydrogen-bond donors (Lipinski definition) is 1. The summed E-state index contributed by atoms with van der Waals surface area (Å²) < 4.78 is 6.39. The van der Waals surface area contributed by atoms with Gasteiger partial charge in [-0.3, -0.25) is 9.59 Å². The fourth-order valence-electron chi connectivity index (χ4n) is 6.91. The van der Waals surface area contributed by atoms with Gasteiger partial charge in [0.15, 0.2) is 0 Å². The van der Waals surface area contributed by atoms with Crippen LogP contribution in [0.2, 0.25) is 0 Å². The van der Waals surface area contributed by atoms with Crippen LogP contribution in [0.25, 0.3) is 0 Å². The van der Waals surface area contributed by atoms with E-state index < -0.39 is 11.6 Å². The first-order chi connectivity index (χ1) is 17.7. The number of carboxylic acid groups (broad SMARTS) is 1. The maximum Gasteiger partial charge on any atom is 0.306 e.